The van der Waals surface area contributed by atoms with Gasteiger partial charge < -0.3 is 20.3 Å². The van der Waals surface area contributed by atoms with Crippen molar-refractivity contribution in [3.05, 3.63) is 0 Å². The van der Waals surface area contributed by atoms with Gasteiger partial charge >= 0.3 is 0 Å². The maximum Gasteiger partial charge on any atom is 0.254 e. The highest BCUT2D eigenvalue weighted by atomic mass is 16.5. The van der Waals surface area contributed by atoms with Crippen molar-refractivity contribution >= 4 is 5.91 Å². The lowest BCUT2D eigenvalue weighted by atomic mass is 10.0. The van der Waals surface area contributed by atoms with Crippen molar-refractivity contribution in [2.75, 3.05) is 45.9 Å². The van der Waals surface area contributed by atoms with Crippen LogP contribution in [0, 0.1) is 0 Å². The molecule has 0 aromatic carbocycles. The van der Waals surface area contributed by atoms with E-state index in [1.165, 1.54) is 12.8 Å². The number of nitrogens with zero attached hydrogens (tertiary/aromatic N) is 2. The second kappa shape index (κ2) is 8.11. The van der Waals surface area contributed by atoms with Crippen LogP contribution >= 0.6 is 0 Å². The molecule has 122 valence electrons. The fourth-order valence-corrected chi connectivity index (χ4v) is 3.34. The highest BCUT2D eigenvalue weighted by Gasteiger charge is 2.40. The van der Waals surface area contributed by atoms with Crippen LogP contribution in [0.2, 0.25) is 0 Å². The number of unbranched alkanes of at least 4 members (excludes halogenated alkanes) is 2. The predicted molar refractivity (Wildman–Crippen MR) is 84.1 cm³/mol. The lowest BCUT2D eigenvalue weighted by Gasteiger charge is -2.30. The van der Waals surface area contributed by atoms with E-state index in [9.17, 15) is 4.79 Å². The van der Waals surface area contributed by atoms with E-state index in [2.05, 4.69) is 4.90 Å². The van der Waals surface area contributed by atoms with E-state index in [0.717, 1.165) is 71.6 Å². The van der Waals surface area contributed by atoms with Crippen LogP contribution in [-0.4, -0.2) is 67.2 Å². The monoisotopic (exact) mass is 297 g/mol. The molecule has 2 N–H and O–H groups in total. The molecular formula is C16H31N3O2. The molecule has 21 heavy (non-hydrogen) atoms. The van der Waals surface area contributed by atoms with E-state index in [4.69, 9.17) is 10.5 Å². The summed E-state index contributed by atoms with van der Waals surface area (Å²) in [5.74, 6) is 0.199. The van der Waals surface area contributed by atoms with Crippen LogP contribution in [0.15, 0.2) is 0 Å². The smallest absolute Gasteiger partial charge is 0.254 e. The minimum Gasteiger partial charge on any atom is -0.365 e. The quantitative estimate of drug-likeness (QED) is 0.749. The molecule has 5 nitrogen and oxygen atoms in total. The molecule has 0 aromatic rings. The van der Waals surface area contributed by atoms with Crippen LogP contribution in [0.1, 0.15) is 45.4 Å². The number of carbonyl (C=O) groups is 1. The van der Waals surface area contributed by atoms with E-state index in [1.807, 2.05) is 11.8 Å². The van der Waals surface area contributed by atoms with Crippen LogP contribution in [0.5, 0.6) is 0 Å². The number of hydrogen-bond acceptors (Lipinski definition) is 4. The summed E-state index contributed by atoms with van der Waals surface area (Å²) in [6.07, 6.45) is 6.48. The molecule has 2 rings (SSSR count). The summed E-state index contributed by atoms with van der Waals surface area (Å²) in [5.41, 5.74) is 4.97. The van der Waals surface area contributed by atoms with Crippen LogP contribution < -0.4 is 5.73 Å². The highest BCUT2D eigenvalue weighted by Crippen LogP contribution is 2.27. The van der Waals surface area contributed by atoms with E-state index in [0.29, 0.717) is 0 Å². The SMILES string of the molecule is CC1(C(=O)N2CCCN(CCCCCN)CC2)CCCO1. The molecule has 2 aliphatic heterocycles. The number of hydrogen-bond donors (Lipinski definition) is 1. The summed E-state index contributed by atoms with van der Waals surface area (Å²) < 4.78 is 5.70. The molecule has 5 heteroatoms. The minimum atomic E-state index is -0.559. The number of carbonyl (C=O) groups excluding carboxylic acids is 1. The molecule has 1 unspecified atom stereocenters. The second-order valence-corrected chi connectivity index (χ2v) is 6.52. The molecular weight excluding hydrogens is 266 g/mol. The van der Waals surface area contributed by atoms with Gasteiger partial charge in [-0.1, -0.05) is 6.42 Å². The molecule has 2 saturated heterocycles. The third kappa shape index (κ3) is 4.66. The molecule has 1 amide bonds. The maximum atomic E-state index is 12.6. The van der Waals surface area contributed by atoms with Crippen LogP contribution in [0.4, 0.5) is 0 Å². The molecule has 2 fully saturated rings. The van der Waals surface area contributed by atoms with Crippen molar-refractivity contribution in [2.24, 2.45) is 5.73 Å². The molecule has 2 aliphatic rings. The van der Waals surface area contributed by atoms with Crippen molar-refractivity contribution in [1.82, 2.24) is 9.80 Å². The van der Waals surface area contributed by atoms with E-state index in [1.54, 1.807) is 0 Å². The van der Waals surface area contributed by atoms with Gasteiger partial charge in [0.25, 0.3) is 5.91 Å². The minimum absolute atomic E-state index is 0.199. The van der Waals surface area contributed by atoms with Gasteiger partial charge in [0.05, 0.1) is 0 Å². The summed E-state index contributed by atoms with van der Waals surface area (Å²) in [7, 11) is 0. The lowest BCUT2D eigenvalue weighted by molar-refractivity contribution is -0.150. The van der Waals surface area contributed by atoms with E-state index in [-0.39, 0.29) is 5.91 Å². The van der Waals surface area contributed by atoms with Gasteiger partial charge in [-0.05, 0) is 58.7 Å². The summed E-state index contributed by atoms with van der Waals surface area (Å²) in [6, 6.07) is 0. The van der Waals surface area contributed by atoms with Gasteiger partial charge in [-0.3, -0.25) is 4.79 Å². The zero-order valence-corrected chi connectivity index (χ0v) is 13.5. The van der Waals surface area contributed by atoms with Gasteiger partial charge in [0.2, 0.25) is 0 Å². The maximum absolute atomic E-state index is 12.6. The largest absolute Gasteiger partial charge is 0.365 e. The number of rotatable bonds is 6. The first kappa shape index (κ1) is 16.7. The van der Waals surface area contributed by atoms with Crippen molar-refractivity contribution in [3.63, 3.8) is 0 Å². The standard InChI is InChI=1S/C16H31N3O2/c1-16(7-5-14-21-16)15(20)19-11-6-10-18(12-13-19)9-4-2-3-8-17/h2-14,17H2,1H3. The van der Waals surface area contributed by atoms with Gasteiger partial charge in [0.15, 0.2) is 0 Å². The Morgan fingerprint density at radius 1 is 1.14 bits per heavy atom. The highest BCUT2D eigenvalue weighted by molar-refractivity contribution is 5.85. The molecule has 1 atom stereocenters. The van der Waals surface area contributed by atoms with Crippen molar-refractivity contribution in [3.8, 4) is 0 Å². The summed E-state index contributed by atoms with van der Waals surface area (Å²) >= 11 is 0. The van der Waals surface area contributed by atoms with E-state index >= 15 is 0 Å². The number of nitrogens with two attached hydrogens (primary N) is 1. The Kier molecular flexibility index (Phi) is 6.45. The summed E-state index contributed by atoms with van der Waals surface area (Å²) in [4.78, 5) is 17.2. The van der Waals surface area contributed by atoms with Gasteiger partial charge in [-0.15, -0.1) is 0 Å². The first-order valence-electron chi connectivity index (χ1n) is 8.51. The average molecular weight is 297 g/mol. The summed E-state index contributed by atoms with van der Waals surface area (Å²) in [6.45, 7) is 8.41. The van der Waals surface area contributed by atoms with Gasteiger partial charge in [0.1, 0.15) is 5.60 Å². The zero-order chi connectivity index (χ0) is 15.1. The fourth-order valence-electron chi connectivity index (χ4n) is 3.34. The Bertz CT molecular complexity index is 329. The topological polar surface area (TPSA) is 58.8 Å². The number of ether oxygens (including phenoxy) is 1. The van der Waals surface area contributed by atoms with Crippen LogP contribution in [0.25, 0.3) is 0 Å². The van der Waals surface area contributed by atoms with E-state index < -0.39 is 5.60 Å². The molecule has 0 aliphatic carbocycles. The first-order chi connectivity index (χ1) is 10.2. The number of amides is 1. The van der Waals surface area contributed by atoms with Gasteiger partial charge in [-0.2, -0.15) is 0 Å². The Labute approximate surface area is 128 Å². The average Bonchev–Trinajstić information content (AvgIpc) is 2.80. The zero-order valence-electron chi connectivity index (χ0n) is 13.5. The Hall–Kier alpha value is -0.650. The lowest BCUT2D eigenvalue weighted by Crippen LogP contribution is -2.48. The molecule has 0 spiro atoms. The Balaban J connectivity index is 1.76. The van der Waals surface area contributed by atoms with Crippen LogP contribution in [0.3, 0.4) is 0 Å². The molecule has 0 radical (unpaired) electrons. The van der Waals surface area contributed by atoms with Crippen LogP contribution in [-0.2, 0) is 9.53 Å². The van der Waals surface area contributed by atoms with Gasteiger partial charge in [0, 0.05) is 26.2 Å². The Morgan fingerprint density at radius 2 is 2.00 bits per heavy atom. The fraction of sp³-hybridized carbons (Fsp3) is 0.938. The molecule has 0 bridgehead atoms. The first-order valence-corrected chi connectivity index (χ1v) is 8.51. The molecule has 0 aromatic heterocycles. The predicted octanol–water partition coefficient (Wildman–Crippen LogP) is 1.22. The third-order valence-electron chi connectivity index (χ3n) is 4.73. The Morgan fingerprint density at radius 3 is 2.71 bits per heavy atom. The van der Waals surface area contributed by atoms with Crippen molar-refractivity contribution < 1.29 is 9.53 Å². The second-order valence-electron chi connectivity index (χ2n) is 6.52. The molecule has 0 saturated carbocycles. The van der Waals surface area contributed by atoms with Crippen molar-refractivity contribution in [1.29, 1.82) is 0 Å². The third-order valence-corrected chi connectivity index (χ3v) is 4.73. The molecule has 2 heterocycles. The summed E-state index contributed by atoms with van der Waals surface area (Å²) in [5, 5.41) is 0. The van der Waals surface area contributed by atoms with Crippen molar-refractivity contribution in [2.45, 2.75) is 51.0 Å². The van der Waals surface area contributed by atoms with Gasteiger partial charge in [-0.25, -0.2) is 0 Å². The normalized spacial score (nSPS) is 27.8.